The molecule has 0 atom stereocenters. The zero-order valence-electron chi connectivity index (χ0n) is 14.6. The molecule has 0 radical (unpaired) electrons. The fourth-order valence-corrected chi connectivity index (χ4v) is 3.11. The number of allylic oxidation sites excluding steroid dienone is 1. The summed E-state index contributed by atoms with van der Waals surface area (Å²) >= 11 is 0. The average molecular weight is 304 g/mol. The first-order valence-electron chi connectivity index (χ1n) is 8.05. The summed E-state index contributed by atoms with van der Waals surface area (Å²) in [6.45, 7) is 8.76. The molecule has 0 bridgehead atoms. The number of benzene rings is 2. The summed E-state index contributed by atoms with van der Waals surface area (Å²) in [7, 11) is 2.16. The van der Waals surface area contributed by atoms with Gasteiger partial charge in [0.1, 0.15) is 0 Å². The van der Waals surface area contributed by atoms with Gasteiger partial charge in [-0.05, 0) is 68.7 Å². The van der Waals surface area contributed by atoms with Crippen molar-refractivity contribution < 1.29 is 0 Å². The molecule has 1 aliphatic heterocycles. The molecule has 2 aromatic carbocycles. The van der Waals surface area contributed by atoms with Crippen molar-refractivity contribution in [2.45, 2.75) is 33.2 Å². The molecule has 0 N–H and O–H groups in total. The van der Waals surface area contributed by atoms with Gasteiger partial charge in [-0.25, -0.2) is 0 Å². The lowest BCUT2D eigenvalue weighted by atomic mass is 9.89. The van der Waals surface area contributed by atoms with Crippen LogP contribution in [0.1, 0.15) is 37.5 Å². The monoisotopic (exact) mass is 304 g/mol. The SMILES string of the molecule is CC1=CC(C)(C)N(C)c2ccc(C=Nc3cccc(C)c3)cc21. The van der Waals surface area contributed by atoms with Crippen LogP contribution in [0.25, 0.3) is 5.57 Å². The number of hydrogen-bond donors (Lipinski definition) is 0. The van der Waals surface area contributed by atoms with Crippen LogP contribution in [0.3, 0.4) is 0 Å². The number of rotatable bonds is 2. The van der Waals surface area contributed by atoms with E-state index in [1.165, 1.54) is 22.4 Å². The maximum Gasteiger partial charge on any atom is 0.0632 e. The number of aryl methyl sites for hydroxylation is 1. The van der Waals surface area contributed by atoms with Gasteiger partial charge in [-0.2, -0.15) is 0 Å². The molecule has 2 nitrogen and oxygen atoms in total. The molecule has 118 valence electrons. The Morgan fingerprint density at radius 1 is 1.04 bits per heavy atom. The fourth-order valence-electron chi connectivity index (χ4n) is 3.11. The molecule has 0 unspecified atom stereocenters. The van der Waals surface area contributed by atoms with Crippen LogP contribution in [0.5, 0.6) is 0 Å². The predicted octanol–water partition coefficient (Wildman–Crippen LogP) is 5.38. The number of aliphatic imine (C=N–C) groups is 1. The molecule has 0 spiro atoms. The average Bonchev–Trinajstić information content (AvgIpc) is 2.50. The van der Waals surface area contributed by atoms with Gasteiger partial charge in [0.25, 0.3) is 0 Å². The maximum atomic E-state index is 4.60. The molecular weight excluding hydrogens is 280 g/mol. The van der Waals surface area contributed by atoms with Gasteiger partial charge in [0.15, 0.2) is 0 Å². The van der Waals surface area contributed by atoms with Crippen LogP contribution in [0, 0.1) is 6.92 Å². The second kappa shape index (κ2) is 5.69. The summed E-state index contributed by atoms with van der Waals surface area (Å²) in [5, 5.41) is 0. The summed E-state index contributed by atoms with van der Waals surface area (Å²) in [6.07, 6.45) is 4.28. The van der Waals surface area contributed by atoms with E-state index in [-0.39, 0.29) is 5.54 Å². The lowest BCUT2D eigenvalue weighted by molar-refractivity contribution is 0.598. The number of fused-ring (bicyclic) bond motifs is 1. The van der Waals surface area contributed by atoms with E-state index in [4.69, 9.17) is 0 Å². The zero-order valence-corrected chi connectivity index (χ0v) is 14.6. The van der Waals surface area contributed by atoms with E-state index < -0.39 is 0 Å². The van der Waals surface area contributed by atoms with E-state index in [9.17, 15) is 0 Å². The van der Waals surface area contributed by atoms with Crippen LogP contribution in [-0.4, -0.2) is 18.8 Å². The Bertz CT molecular complexity index is 797. The molecule has 0 aromatic heterocycles. The highest BCUT2D eigenvalue weighted by Gasteiger charge is 2.28. The molecule has 23 heavy (non-hydrogen) atoms. The molecule has 2 aromatic rings. The van der Waals surface area contributed by atoms with Crippen molar-refractivity contribution in [2.24, 2.45) is 4.99 Å². The summed E-state index contributed by atoms with van der Waals surface area (Å²) < 4.78 is 0. The summed E-state index contributed by atoms with van der Waals surface area (Å²) in [5.41, 5.74) is 7.30. The first kappa shape index (κ1) is 15.5. The van der Waals surface area contributed by atoms with Crippen molar-refractivity contribution in [3.63, 3.8) is 0 Å². The van der Waals surface area contributed by atoms with Gasteiger partial charge < -0.3 is 4.90 Å². The second-order valence-corrected chi connectivity index (χ2v) is 6.91. The molecule has 1 aliphatic rings. The largest absolute Gasteiger partial charge is 0.366 e. The van der Waals surface area contributed by atoms with Crippen molar-refractivity contribution in [3.05, 3.63) is 65.2 Å². The standard InChI is InChI=1S/C21H24N2/c1-15-7-6-8-18(11-15)22-14-17-9-10-20-19(12-17)16(2)13-21(3,4)23(20)5/h6-14H,1-5H3. The van der Waals surface area contributed by atoms with Crippen molar-refractivity contribution in [1.82, 2.24) is 0 Å². The van der Waals surface area contributed by atoms with Crippen molar-refractivity contribution in [2.75, 3.05) is 11.9 Å². The first-order valence-corrected chi connectivity index (χ1v) is 8.05. The molecule has 0 amide bonds. The Labute approximate surface area is 139 Å². The van der Waals surface area contributed by atoms with Crippen LogP contribution in [0.15, 0.2) is 53.5 Å². The third-order valence-electron chi connectivity index (χ3n) is 4.61. The van der Waals surface area contributed by atoms with Gasteiger partial charge in [0.05, 0.1) is 11.2 Å². The predicted molar refractivity (Wildman–Crippen MR) is 101 cm³/mol. The Hall–Kier alpha value is -2.35. The Morgan fingerprint density at radius 2 is 1.83 bits per heavy atom. The zero-order chi connectivity index (χ0) is 16.6. The molecule has 0 aliphatic carbocycles. The Morgan fingerprint density at radius 3 is 2.57 bits per heavy atom. The summed E-state index contributed by atoms with van der Waals surface area (Å²) in [4.78, 5) is 6.93. The lowest BCUT2D eigenvalue weighted by Gasteiger charge is -2.40. The van der Waals surface area contributed by atoms with Gasteiger partial charge in [-0.1, -0.05) is 24.3 Å². The van der Waals surface area contributed by atoms with Gasteiger partial charge in [0.2, 0.25) is 0 Å². The minimum atomic E-state index is 0.0499. The molecule has 0 fully saturated rings. The van der Waals surface area contributed by atoms with Crippen LogP contribution < -0.4 is 4.90 Å². The Kier molecular flexibility index (Phi) is 3.85. The van der Waals surface area contributed by atoms with Crippen molar-refractivity contribution in [3.8, 4) is 0 Å². The van der Waals surface area contributed by atoms with Gasteiger partial charge in [-0.3, -0.25) is 4.99 Å². The molecule has 0 saturated heterocycles. The van der Waals surface area contributed by atoms with E-state index in [1.807, 2.05) is 18.3 Å². The molecule has 3 rings (SSSR count). The van der Waals surface area contributed by atoms with Crippen LogP contribution in [-0.2, 0) is 0 Å². The number of anilines is 1. The van der Waals surface area contributed by atoms with Crippen LogP contribution in [0.2, 0.25) is 0 Å². The quantitative estimate of drug-likeness (QED) is 0.680. The minimum absolute atomic E-state index is 0.0499. The minimum Gasteiger partial charge on any atom is -0.366 e. The van der Waals surface area contributed by atoms with Gasteiger partial charge in [0, 0.05) is 24.5 Å². The third-order valence-corrected chi connectivity index (χ3v) is 4.61. The van der Waals surface area contributed by atoms with E-state index in [0.29, 0.717) is 0 Å². The molecule has 1 heterocycles. The van der Waals surface area contributed by atoms with E-state index in [0.717, 1.165) is 11.3 Å². The topological polar surface area (TPSA) is 15.6 Å². The molecule has 2 heteroatoms. The van der Waals surface area contributed by atoms with Gasteiger partial charge >= 0.3 is 0 Å². The second-order valence-electron chi connectivity index (χ2n) is 6.91. The highest BCUT2D eigenvalue weighted by molar-refractivity contribution is 5.88. The van der Waals surface area contributed by atoms with Crippen LogP contribution in [0.4, 0.5) is 11.4 Å². The molecule has 0 saturated carbocycles. The first-order chi connectivity index (χ1) is 10.9. The van der Waals surface area contributed by atoms with E-state index in [2.05, 4.69) is 81.0 Å². The number of nitrogens with zero attached hydrogens (tertiary/aromatic N) is 2. The van der Waals surface area contributed by atoms with Crippen molar-refractivity contribution >= 4 is 23.2 Å². The smallest absolute Gasteiger partial charge is 0.0632 e. The fraction of sp³-hybridized carbons (Fsp3) is 0.286. The highest BCUT2D eigenvalue weighted by Crippen LogP contribution is 2.37. The lowest BCUT2D eigenvalue weighted by Crippen LogP contribution is -2.42. The Balaban J connectivity index is 1.94. The number of hydrogen-bond acceptors (Lipinski definition) is 2. The van der Waals surface area contributed by atoms with E-state index >= 15 is 0 Å². The van der Waals surface area contributed by atoms with E-state index in [1.54, 1.807) is 0 Å². The van der Waals surface area contributed by atoms with Gasteiger partial charge in [-0.15, -0.1) is 0 Å². The molecular formula is C21H24N2. The third kappa shape index (κ3) is 3.07. The summed E-state index contributed by atoms with van der Waals surface area (Å²) in [6, 6.07) is 14.8. The number of likely N-dealkylation sites (N-methyl/N-ethyl adjacent to an activating group) is 1. The van der Waals surface area contributed by atoms with Crippen LogP contribution >= 0.6 is 0 Å². The van der Waals surface area contributed by atoms with Crippen molar-refractivity contribution in [1.29, 1.82) is 0 Å². The maximum absolute atomic E-state index is 4.60. The summed E-state index contributed by atoms with van der Waals surface area (Å²) in [5.74, 6) is 0. The highest BCUT2D eigenvalue weighted by atomic mass is 15.2. The normalized spacial score (nSPS) is 16.4.